The first-order chi connectivity index (χ1) is 13.0. The van der Waals surface area contributed by atoms with E-state index in [1.54, 1.807) is 18.2 Å². The molecular weight excluding hydrogens is 362 g/mol. The fraction of sp³-hybridized carbons (Fsp3) is 0.250. The number of pyridine rings is 1. The third-order valence-corrected chi connectivity index (χ3v) is 6.49. The van der Waals surface area contributed by atoms with Crippen molar-refractivity contribution in [1.29, 1.82) is 0 Å². The predicted molar refractivity (Wildman–Crippen MR) is 106 cm³/mol. The van der Waals surface area contributed by atoms with Crippen LogP contribution < -0.4 is 5.32 Å². The van der Waals surface area contributed by atoms with E-state index in [4.69, 9.17) is 4.74 Å². The zero-order valence-corrected chi connectivity index (χ0v) is 15.9. The van der Waals surface area contributed by atoms with E-state index >= 15 is 0 Å². The summed E-state index contributed by atoms with van der Waals surface area (Å²) in [4.78, 5) is 4.88. The van der Waals surface area contributed by atoms with Gasteiger partial charge in [-0.1, -0.05) is 17.7 Å². The van der Waals surface area contributed by atoms with Gasteiger partial charge in [0.15, 0.2) is 0 Å². The summed E-state index contributed by atoms with van der Waals surface area (Å²) in [7, 11) is -3.51. The summed E-state index contributed by atoms with van der Waals surface area (Å²) in [6.45, 7) is 3.68. The molecule has 0 bridgehead atoms. The van der Waals surface area contributed by atoms with E-state index in [2.05, 4.69) is 10.3 Å². The number of ether oxygens (including phenoxy) is 1. The number of fused-ring (bicyclic) bond motifs is 1. The molecular formula is C20H21N3O3S. The SMILES string of the molecule is Cc1ccc(Nc2ccc3cc(S(=O)(=O)N4CCOCC4)ccc3n2)cc1. The van der Waals surface area contributed by atoms with Gasteiger partial charge in [-0.25, -0.2) is 13.4 Å². The Labute approximate surface area is 158 Å². The third kappa shape index (κ3) is 3.80. The molecule has 1 saturated heterocycles. The van der Waals surface area contributed by atoms with Crippen molar-refractivity contribution >= 4 is 32.4 Å². The maximum absolute atomic E-state index is 12.8. The fourth-order valence-electron chi connectivity index (χ4n) is 3.05. The molecule has 6 nitrogen and oxygen atoms in total. The summed E-state index contributed by atoms with van der Waals surface area (Å²) < 4.78 is 32.3. The van der Waals surface area contributed by atoms with Gasteiger partial charge in [-0.2, -0.15) is 4.31 Å². The van der Waals surface area contributed by atoms with E-state index in [9.17, 15) is 8.42 Å². The van der Waals surface area contributed by atoms with Crippen molar-refractivity contribution < 1.29 is 13.2 Å². The van der Waals surface area contributed by atoms with Crippen LogP contribution in [0.25, 0.3) is 10.9 Å². The molecule has 4 rings (SSSR count). The van der Waals surface area contributed by atoms with E-state index in [1.807, 2.05) is 43.3 Å². The number of anilines is 2. The Balaban J connectivity index is 1.61. The monoisotopic (exact) mass is 383 g/mol. The third-order valence-electron chi connectivity index (χ3n) is 4.59. The van der Waals surface area contributed by atoms with Gasteiger partial charge in [0.1, 0.15) is 5.82 Å². The number of nitrogens with zero attached hydrogens (tertiary/aromatic N) is 2. The van der Waals surface area contributed by atoms with Crippen LogP contribution in [0.3, 0.4) is 0 Å². The molecule has 7 heteroatoms. The van der Waals surface area contributed by atoms with E-state index in [-0.39, 0.29) is 4.90 Å². The molecule has 0 spiro atoms. The molecule has 0 amide bonds. The second-order valence-electron chi connectivity index (χ2n) is 6.56. The Morgan fingerprint density at radius 2 is 1.74 bits per heavy atom. The second-order valence-corrected chi connectivity index (χ2v) is 8.50. The smallest absolute Gasteiger partial charge is 0.243 e. The van der Waals surface area contributed by atoms with Crippen molar-refractivity contribution in [3.63, 3.8) is 0 Å². The zero-order valence-electron chi connectivity index (χ0n) is 15.1. The second kappa shape index (κ2) is 7.26. The van der Waals surface area contributed by atoms with E-state index in [0.29, 0.717) is 26.3 Å². The number of rotatable bonds is 4. The fourth-order valence-corrected chi connectivity index (χ4v) is 4.50. The Hall–Kier alpha value is -2.48. The first-order valence-corrected chi connectivity index (χ1v) is 10.3. The van der Waals surface area contributed by atoms with Gasteiger partial charge in [0.05, 0.1) is 23.6 Å². The average Bonchev–Trinajstić information content (AvgIpc) is 2.70. The molecule has 27 heavy (non-hydrogen) atoms. The largest absolute Gasteiger partial charge is 0.379 e. The standard InChI is InChI=1S/C20H21N3O3S/c1-15-2-5-17(6-3-15)21-20-9-4-16-14-18(7-8-19(16)22-20)27(24,25)23-10-12-26-13-11-23/h2-9,14H,10-13H2,1H3,(H,21,22). The number of sulfonamides is 1. The van der Waals surface area contributed by atoms with Crippen molar-refractivity contribution in [2.24, 2.45) is 0 Å². The number of hydrogen-bond acceptors (Lipinski definition) is 5. The van der Waals surface area contributed by atoms with Crippen molar-refractivity contribution in [2.45, 2.75) is 11.8 Å². The summed E-state index contributed by atoms with van der Waals surface area (Å²) in [6.07, 6.45) is 0. The summed E-state index contributed by atoms with van der Waals surface area (Å²) >= 11 is 0. The van der Waals surface area contributed by atoms with Gasteiger partial charge >= 0.3 is 0 Å². The maximum atomic E-state index is 12.8. The van der Waals surface area contributed by atoms with Gasteiger partial charge < -0.3 is 10.1 Å². The Kier molecular flexibility index (Phi) is 4.82. The number of hydrogen-bond donors (Lipinski definition) is 1. The molecule has 1 aliphatic heterocycles. The highest BCUT2D eigenvalue weighted by atomic mass is 32.2. The van der Waals surface area contributed by atoms with Gasteiger partial charge in [-0.15, -0.1) is 0 Å². The molecule has 1 fully saturated rings. The lowest BCUT2D eigenvalue weighted by Gasteiger charge is -2.26. The topological polar surface area (TPSA) is 71.5 Å². The summed E-state index contributed by atoms with van der Waals surface area (Å²) in [5.41, 5.74) is 2.90. The number of morpholine rings is 1. The first kappa shape index (κ1) is 17.9. The van der Waals surface area contributed by atoms with Gasteiger partial charge in [0, 0.05) is 24.2 Å². The molecule has 1 aromatic heterocycles. The Bertz CT molecular complexity index is 1060. The molecule has 0 saturated carbocycles. The summed E-state index contributed by atoms with van der Waals surface area (Å²) in [5.74, 6) is 0.718. The predicted octanol–water partition coefficient (Wildman–Crippen LogP) is 3.31. The van der Waals surface area contributed by atoms with Crippen LogP contribution in [0.15, 0.2) is 59.5 Å². The van der Waals surface area contributed by atoms with Crippen molar-refractivity contribution in [2.75, 3.05) is 31.6 Å². The lowest BCUT2D eigenvalue weighted by molar-refractivity contribution is 0.0730. The number of aromatic nitrogens is 1. The van der Waals surface area contributed by atoms with Gasteiger partial charge in [0.25, 0.3) is 0 Å². The minimum Gasteiger partial charge on any atom is -0.379 e. The minimum atomic E-state index is -3.51. The van der Waals surface area contributed by atoms with Crippen LogP contribution in [-0.2, 0) is 14.8 Å². The van der Waals surface area contributed by atoms with Gasteiger partial charge in [-0.05, 0) is 49.4 Å². The highest BCUT2D eigenvalue weighted by Gasteiger charge is 2.26. The van der Waals surface area contributed by atoms with Crippen LogP contribution in [0, 0.1) is 6.92 Å². The lowest BCUT2D eigenvalue weighted by Crippen LogP contribution is -2.40. The van der Waals surface area contributed by atoms with E-state index in [1.165, 1.54) is 9.87 Å². The molecule has 0 radical (unpaired) electrons. The average molecular weight is 383 g/mol. The van der Waals surface area contributed by atoms with Gasteiger partial charge in [0.2, 0.25) is 10.0 Å². The Morgan fingerprint density at radius 1 is 1.00 bits per heavy atom. The van der Waals surface area contributed by atoms with Crippen LogP contribution >= 0.6 is 0 Å². The molecule has 2 aromatic carbocycles. The lowest BCUT2D eigenvalue weighted by atomic mass is 10.2. The maximum Gasteiger partial charge on any atom is 0.243 e. The molecule has 0 unspecified atom stereocenters. The van der Waals surface area contributed by atoms with Crippen molar-refractivity contribution in [3.8, 4) is 0 Å². The van der Waals surface area contributed by atoms with Crippen LogP contribution in [0.2, 0.25) is 0 Å². The summed E-state index contributed by atoms with van der Waals surface area (Å²) in [6, 6.07) is 16.9. The van der Waals surface area contributed by atoms with Crippen molar-refractivity contribution in [3.05, 3.63) is 60.2 Å². The number of aryl methyl sites for hydroxylation is 1. The van der Waals surface area contributed by atoms with E-state index in [0.717, 1.165) is 22.4 Å². The van der Waals surface area contributed by atoms with Gasteiger partial charge in [-0.3, -0.25) is 0 Å². The highest BCUT2D eigenvalue weighted by molar-refractivity contribution is 7.89. The zero-order chi connectivity index (χ0) is 18.9. The van der Waals surface area contributed by atoms with E-state index < -0.39 is 10.0 Å². The van der Waals surface area contributed by atoms with Crippen LogP contribution in [0.5, 0.6) is 0 Å². The van der Waals surface area contributed by atoms with Crippen molar-refractivity contribution in [1.82, 2.24) is 9.29 Å². The molecule has 3 aromatic rings. The summed E-state index contributed by atoms with van der Waals surface area (Å²) in [5, 5.41) is 4.06. The molecule has 140 valence electrons. The number of benzene rings is 2. The molecule has 1 N–H and O–H groups in total. The molecule has 0 atom stereocenters. The van der Waals surface area contributed by atoms with Crippen LogP contribution in [0.1, 0.15) is 5.56 Å². The highest BCUT2D eigenvalue weighted by Crippen LogP contribution is 2.24. The first-order valence-electron chi connectivity index (χ1n) is 8.85. The molecule has 1 aliphatic rings. The number of nitrogens with one attached hydrogen (secondary N) is 1. The Morgan fingerprint density at radius 3 is 2.48 bits per heavy atom. The quantitative estimate of drug-likeness (QED) is 0.748. The molecule has 2 heterocycles. The molecule has 0 aliphatic carbocycles. The normalized spacial score (nSPS) is 15.7. The van der Waals surface area contributed by atoms with Crippen LogP contribution in [-0.4, -0.2) is 44.0 Å². The van der Waals surface area contributed by atoms with Crippen LogP contribution in [0.4, 0.5) is 11.5 Å². The minimum absolute atomic E-state index is 0.290.